The third kappa shape index (κ3) is 3.87. The van der Waals surface area contributed by atoms with Crippen LogP contribution in [0.1, 0.15) is 20.3 Å². The van der Waals surface area contributed by atoms with Crippen LogP contribution in [0.2, 0.25) is 0 Å². The van der Waals surface area contributed by atoms with Crippen molar-refractivity contribution in [3.8, 4) is 0 Å². The van der Waals surface area contributed by atoms with Gasteiger partial charge < -0.3 is 10.8 Å². The summed E-state index contributed by atoms with van der Waals surface area (Å²) >= 11 is 0. The van der Waals surface area contributed by atoms with E-state index in [-0.39, 0.29) is 24.6 Å². The molecule has 0 radical (unpaired) electrons. The molecular formula is C12H18F2N2O3S. The molecule has 0 aliphatic rings. The molecule has 8 heteroatoms. The van der Waals surface area contributed by atoms with E-state index in [0.29, 0.717) is 6.07 Å². The molecule has 0 bridgehead atoms. The average molecular weight is 308 g/mol. The number of benzene rings is 1. The van der Waals surface area contributed by atoms with Crippen LogP contribution in [0.5, 0.6) is 0 Å². The van der Waals surface area contributed by atoms with Crippen LogP contribution in [0.15, 0.2) is 17.0 Å². The van der Waals surface area contributed by atoms with E-state index in [4.69, 9.17) is 10.8 Å². The molecule has 0 saturated carbocycles. The lowest BCUT2D eigenvalue weighted by Gasteiger charge is -2.21. The Kier molecular flexibility index (Phi) is 5.43. The molecule has 0 aliphatic heterocycles. The van der Waals surface area contributed by atoms with Gasteiger partial charge in [0, 0.05) is 18.3 Å². The molecule has 0 saturated heterocycles. The molecular weight excluding hydrogens is 290 g/mol. The quantitative estimate of drug-likeness (QED) is 0.689. The number of nitrogens with two attached hydrogens (primary N) is 1. The molecule has 0 fully saturated rings. The van der Waals surface area contributed by atoms with Gasteiger partial charge in [0.1, 0.15) is 4.90 Å². The first-order valence-corrected chi connectivity index (χ1v) is 7.55. The van der Waals surface area contributed by atoms with Gasteiger partial charge in [0.25, 0.3) is 0 Å². The predicted octanol–water partition coefficient (Wildman–Crippen LogP) is 1.23. The van der Waals surface area contributed by atoms with Crippen molar-refractivity contribution in [1.82, 2.24) is 4.72 Å². The summed E-state index contributed by atoms with van der Waals surface area (Å²) in [5, 5.41) is 8.91. The van der Waals surface area contributed by atoms with Crippen LogP contribution in [0, 0.1) is 17.6 Å². The number of sulfonamides is 1. The molecule has 4 N–H and O–H groups in total. The molecule has 0 heterocycles. The van der Waals surface area contributed by atoms with Crippen molar-refractivity contribution >= 4 is 15.7 Å². The Morgan fingerprint density at radius 1 is 1.35 bits per heavy atom. The van der Waals surface area contributed by atoms with Gasteiger partial charge in [-0.25, -0.2) is 21.9 Å². The maximum atomic E-state index is 13.6. The summed E-state index contributed by atoms with van der Waals surface area (Å²) in [6.07, 6.45) is 0.170. The Labute approximate surface area is 116 Å². The fourth-order valence-corrected chi connectivity index (χ4v) is 3.25. The highest BCUT2D eigenvalue weighted by atomic mass is 32.2. The number of rotatable bonds is 6. The lowest BCUT2D eigenvalue weighted by molar-refractivity contribution is 0.255. The smallest absolute Gasteiger partial charge is 0.243 e. The maximum absolute atomic E-state index is 13.6. The van der Waals surface area contributed by atoms with Gasteiger partial charge in [0.15, 0.2) is 11.6 Å². The van der Waals surface area contributed by atoms with Crippen LogP contribution in [0.4, 0.5) is 14.5 Å². The van der Waals surface area contributed by atoms with Crippen molar-refractivity contribution in [1.29, 1.82) is 0 Å². The average Bonchev–Trinajstić information content (AvgIpc) is 2.32. The van der Waals surface area contributed by atoms with Crippen molar-refractivity contribution in [3.63, 3.8) is 0 Å². The van der Waals surface area contributed by atoms with Crippen LogP contribution in [0.25, 0.3) is 0 Å². The Hall–Kier alpha value is -1.25. The molecule has 1 aromatic carbocycles. The van der Waals surface area contributed by atoms with E-state index in [2.05, 4.69) is 4.72 Å². The molecule has 1 rings (SSSR count). The third-order valence-electron chi connectivity index (χ3n) is 2.86. The van der Waals surface area contributed by atoms with Crippen molar-refractivity contribution in [2.45, 2.75) is 31.2 Å². The minimum absolute atomic E-state index is 0.120. The minimum atomic E-state index is -4.26. The Balaban J connectivity index is 3.17. The second kappa shape index (κ2) is 6.47. The van der Waals surface area contributed by atoms with Crippen molar-refractivity contribution in [2.24, 2.45) is 5.92 Å². The highest BCUT2D eigenvalue weighted by molar-refractivity contribution is 7.89. The molecule has 114 valence electrons. The van der Waals surface area contributed by atoms with E-state index >= 15 is 0 Å². The van der Waals surface area contributed by atoms with E-state index in [1.54, 1.807) is 13.8 Å². The zero-order valence-corrected chi connectivity index (χ0v) is 12.0. The van der Waals surface area contributed by atoms with Crippen LogP contribution >= 0.6 is 0 Å². The largest absolute Gasteiger partial charge is 0.399 e. The molecule has 1 unspecified atom stereocenters. The summed E-state index contributed by atoms with van der Waals surface area (Å²) in [6.45, 7) is 3.28. The summed E-state index contributed by atoms with van der Waals surface area (Å²) in [7, 11) is -4.26. The number of anilines is 1. The fourth-order valence-electron chi connectivity index (χ4n) is 1.71. The Morgan fingerprint density at radius 2 is 1.95 bits per heavy atom. The fraction of sp³-hybridized carbons (Fsp3) is 0.500. The summed E-state index contributed by atoms with van der Waals surface area (Å²) < 4.78 is 53.3. The molecule has 0 aliphatic carbocycles. The summed E-state index contributed by atoms with van der Waals surface area (Å²) in [5.41, 5.74) is 5.15. The van der Waals surface area contributed by atoms with Gasteiger partial charge in [-0.15, -0.1) is 0 Å². The highest BCUT2D eigenvalue weighted by Gasteiger charge is 2.26. The second-order valence-electron chi connectivity index (χ2n) is 4.80. The predicted molar refractivity (Wildman–Crippen MR) is 71.4 cm³/mol. The van der Waals surface area contributed by atoms with Gasteiger partial charge >= 0.3 is 0 Å². The number of halogens is 2. The van der Waals surface area contributed by atoms with Gasteiger partial charge in [-0.05, 0) is 24.5 Å². The molecule has 20 heavy (non-hydrogen) atoms. The van der Waals surface area contributed by atoms with Crippen LogP contribution in [0.3, 0.4) is 0 Å². The Morgan fingerprint density at radius 3 is 2.45 bits per heavy atom. The van der Waals surface area contributed by atoms with Crippen molar-refractivity contribution in [3.05, 3.63) is 23.8 Å². The van der Waals surface area contributed by atoms with E-state index in [1.165, 1.54) is 0 Å². The SMILES string of the molecule is CC(C)C(CCO)NS(=O)(=O)c1cc(N)cc(F)c1F. The minimum Gasteiger partial charge on any atom is -0.399 e. The third-order valence-corrected chi connectivity index (χ3v) is 4.35. The monoisotopic (exact) mass is 308 g/mol. The number of hydrogen-bond donors (Lipinski definition) is 3. The molecule has 1 atom stereocenters. The van der Waals surface area contributed by atoms with E-state index in [9.17, 15) is 17.2 Å². The number of hydrogen-bond acceptors (Lipinski definition) is 4. The van der Waals surface area contributed by atoms with Gasteiger partial charge in [-0.2, -0.15) is 0 Å². The zero-order chi connectivity index (χ0) is 15.5. The first-order chi connectivity index (χ1) is 9.19. The number of nitrogens with one attached hydrogen (secondary N) is 1. The van der Waals surface area contributed by atoms with E-state index in [0.717, 1.165) is 6.07 Å². The summed E-state index contributed by atoms with van der Waals surface area (Å²) in [4.78, 5) is -0.835. The van der Waals surface area contributed by atoms with E-state index < -0.39 is 32.6 Å². The first kappa shape index (κ1) is 16.8. The lowest BCUT2D eigenvalue weighted by atomic mass is 10.0. The normalized spacial score (nSPS) is 13.7. The molecule has 5 nitrogen and oxygen atoms in total. The number of aliphatic hydroxyl groups is 1. The summed E-state index contributed by atoms with van der Waals surface area (Å²) in [6, 6.07) is 0.980. The van der Waals surface area contributed by atoms with Gasteiger partial charge in [0.2, 0.25) is 10.0 Å². The number of aliphatic hydroxyl groups excluding tert-OH is 1. The maximum Gasteiger partial charge on any atom is 0.243 e. The number of nitrogen functional groups attached to an aromatic ring is 1. The van der Waals surface area contributed by atoms with E-state index in [1.807, 2.05) is 0 Å². The Bertz CT molecular complexity index is 576. The van der Waals surface area contributed by atoms with Gasteiger partial charge in [0.05, 0.1) is 0 Å². The van der Waals surface area contributed by atoms with Crippen LogP contribution < -0.4 is 10.5 Å². The lowest BCUT2D eigenvalue weighted by Crippen LogP contribution is -2.39. The topological polar surface area (TPSA) is 92.4 Å². The molecule has 1 aromatic rings. The van der Waals surface area contributed by atoms with Crippen molar-refractivity contribution in [2.75, 3.05) is 12.3 Å². The summed E-state index contributed by atoms with van der Waals surface area (Å²) in [5.74, 6) is -2.92. The zero-order valence-electron chi connectivity index (χ0n) is 11.2. The molecule has 0 amide bonds. The van der Waals surface area contributed by atoms with Gasteiger partial charge in [-0.3, -0.25) is 0 Å². The van der Waals surface area contributed by atoms with Crippen molar-refractivity contribution < 1.29 is 22.3 Å². The standard InChI is InChI=1S/C12H18F2N2O3S/c1-7(2)10(3-4-17)16-20(18,19)11-6-8(15)5-9(13)12(11)14/h5-7,10,16-17H,3-4,15H2,1-2H3. The van der Waals surface area contributed by atoms with Crippen LogP contribution in [-0.4, -0.2) is 26.2 Å². The highest BCUT2D eigenvalue weighted by Crippen LogP contribution is 2.22. The van der Waals surface area contributed by atoms with Crippen LogP contribution in [-0.2, 0) is 10.0 Å². The molecule has 0 spiro atoms. The van der Waals surface area contributed by atoms with Gasteiger partial charge in [-0.1, -0.05) is 13.8 Å². The second-order valence-corrected chi connectivity index (χ2v) is 6.48. The molecule has 0 aromatic heterocycles. The first-order valence-electron chi connectivity index (χ1n) is 6.06.